The minimum atomic E-state index is -0.508. The summed E-state index contributed by atoms with van der Waals surface area (Å²) in [6.07, 6.45) is 1.03. The Bertz CT molecular complexity index is 574. The molecule has 2 aromatic rings. The minimum absolute atomic E-state index is 0.100. The fourth-order valence-corrected chi connectivity index (χ4v) is 2.93. The fraction of sp³-hybridized carbons (Fsp3) is 0.467. The van der Waals surface area contributed by atoms with Gasteiger partial charge in [0, 0.05) is 25.1 Å². The number of rotatable bonds is 9. The molecule has 0 atom stereocenters. The standard InChI is InChI=1S/C15H19F2NO2S/c16-13-10-11-3-9-21-15(11)14(17)12(13)2-8-20-7-1-4-18-5-6-19/h3,9-10,18-19H,1-2,4-8H2. The van der Waals surface area contributed by atoms with Gasteiger partial charge in [0.2, 0.25) is 0 Å². The topological polar surface area (TPSA) is 41.5 Å². The molecule has 116 valence electrons. The van der Waals surface area contributed by atoms with Crippen molar-refractivity contribution >= 4 is 21.4 Å². The van der Waals surface area contributed by atoms with Crippen molar-refractivity contribution in [1.82, 2.24) is 5.32 Å². The fourth-order valence-electron chi connectivity index (χ4n) is 2.09. The average Bonchev–Trinajstić information content (AvgIpc) is 2.93. The molecule has 0 saturated heterocycles. The zero-order valence-electron chi connectivity index (χ0n) is 11.7. The van der Waals surface area contributed by atoms with Gasteiger partial charge in [-0.3, -0.25) is 0 Å². The predicted octanol–water partition coefficient (Wildman–Crippen LogP) is 2.71. The number of halogens is 2. The van der Waals surface area contributed by atoms with Crippen LogP contribution >= 0.6 is 11.3 Å². The molecule has 0 radical (unpaired) electrons. The van der Waals surface area contributed by atoms with Crippen LogP contribution < -0.4 is 5.32 Å². The highest BCUT2D eigenvalue weighted by Gasteiger charge is 2.14. The van der Waals surface area contributed by atoms with Gasteiger partial charge in [-0.15, -0.1) is 11.3 Å². The van der Waals surface area contributed by atoms with Crippen LogP contribution in [0.4, 0.5) is 8.78 Å². The number of thiophene rings is 1. The average molecular weight is 315 g/mol. The van der Waals surface area contributed by atoms with Gasteiger partial charge in [0.05, 0.1) is 17.9 Å². The highest BCUT2D eigenvalue weighted by molar-refractivity contribution is 7.17. The van der Waals surface area contributed by atoms with Crippen LogP contribution in [-0.4, -0.2) is 38.0 Å². The lowest BCUT2D eigenvalue weighted by atomic mass is 10.1. The van der Waals surface area contributed by atoms with E-state index >= 15 is 0 Å². The van der Waals surface area contributed by atoms with Crippen molar-refractivity contribution in [3.8, 4) is 0 Å². The summed E-state index contributed by atoms with van der Waals surface area (Å²) in [5.41, 5.74) is 0.100. The van der Waals surface area contributed by atoms with Crippen molar-refractivity contribution in [3.05, 3.63) is 34.7 Å². The maximum Gasteiger partial charge on any atom is 0.147 e. The van der Waals surface area contributed by atoms with Crippen LogP contribution in [0.25, 0.3) is 10.1 Å². The first-order chi connectivity index (χ1) is 10.2. The van der Waals surface area contributed by atoms with Crippen LogP contribution in [0.5, 0.6) is 0 Å². The van der Waals surface area contributed by atoms with E-state index in [0.29, 0.717) is 29.8 Å². The second-order valence-electron chi connectivity index (χ2n) is 4.68. The molecule has 1 aromatic heterocycles. The van der Waals surface area contributed by atoms with Gasteiger partial charge < -0.3 is 15.2 Å². The van der Waals surface area contributed by atoms with Crippen LogP contribution in [0, 0.1) is 11.6 Å². The van der Waals surface area contributed by atoms with E-state index in [2.05, 4.69) is 5.32 Å². The summed E-state index contributed by atoms with van der Waals surface area (Å²) in [5, 5.41) is 14.0. The molecule has 0 unspecified atom stereocenters. The molecule has 0 amide bonds. The van der Waals surface area contributed by atoms with Gasteiger partial charge >= 0.3 is 0 Å². The Morgan fingerprint density at radius 1 is 1.24 bits per heavy atom. The molecule has 2 rings (SSSR count). The van der Waals surface area contributed by atoms with E-state index < -0.39 is 11.6 Å². The monoisotopic (exact) mass is 315 g/mol. The van der Waals surface area contributed by atoms with Crippen LogP contribution in [0.2, 0.25) is 0 Å². The summed E-state index contributed by atoms with van der Waals surface area (Å²) in [6, 6.07) is 3.09. The first kappa shape index (κ1) is 16.3. The number of ether oxygens (including phenoxy) is 1. The summed E-state index contributed by atoms with van der Waals surface area (Å²) in [6.45, 7) is 2.26. The number of hydrogen-bond acceptors (Lipinski definition) is 4. The molecule has 0 spiro atoms. The van der Waals surface area contributed by atoms with E-state index in [4.69, 9.17) is 9.84 Å². The lowest BCUT2D eigenvalue weighted by molar-refractivity contribution is 0.133. The second kappa shape index (κ2) is 8.38. The number of nitrogens with one attached hydrogen (secondary N) is 1. The van der Waals surface area contributed by atoms with Crippen LogP contribution in [-0.2, 0) is 11.2 Å². The van der Waals surface area contributed by atoms with Crippen molar-refractivity contribution in [3.63, 3.8) is 0 Å². The zero-order chi connectivity index (χ0) is 15.1. The largest absolute Gasteiger partial charge is 0.395 e. The number of aliphatic hydroxyl groups is 1. The molecule has 3 nitrogen and oxygen atoms in total. The number of benzene rings is 1. The Kier molecular flexibility index (Phi) is 6.50. The molecule has 0 aliphatic carbocycles. The van der Waals surface area contributed by atoms with E-state index in [9.17, 15) is 8.78 Å². The van der Waals surface area contributed by atoms with Crippen molar-refractivity contribution in [2.75, 3.05) is 32.9 Å². The van der Waals surface area contributed by atoms with Gasteiger partial charge in [-0.05, 0) is 35.9 Å². The van der Waals surface area contributed by atoms with Crippen molar-refractivity contribution < 1.29 is 18.6 Å². The van der Waals surface area contributed by atoms with Gasteiger partial charge in [-0.1, -0.05) is 0 Å². The molecule has 6 heteroatoms. The lowest BCUT2D eigenvalue weighted by Gasteiger charge is -2.08. The summed E-state index contributed by atoms with van der Waals surface area (Å²) >= 11 is 1.28. The van der Waals surface area contributed by atoms with Gasteiger partial charge in [-0.2, -0.15) is 0 Å². The smallest absolute Gasteiger partial charge is 0.147 e. The zero-order valence-corrected chi connectivity index (χ0v) is 12.5. The Hall–Kier alpha value is -1.08. The molecule has 1 heterocycles. The minimum Gasteiger partial charge on any atom is -0.395 e. The van der Waals surface area contributed by atoms with Crippen molar-refractivity contribution in [1.29, 1.82) is 0 Å². The Labute approximate surface area is 126 Å². The third-order valence-electron chi connectivity index (χ3n) is 3.16. The number of fused-ring (bicyclic) bond motifs is 1. The SMILES string of the molecule is OCCNCCCOCCc1c(F)cc2ccsc2c1F. The molecule has 1 aromatic carbocycles. The van der Waals surface area contributed by atoms with Gasteiger partial charge in [0.15, 0.2) is 0 Å². The second-order valence-corrected chi connectivity index (χ2v) is 5.60. The van der Waals surface area contributed by atoms with Crippen LogP contribution in [0.15, 0.2) is 17.5 Å². The molecule has 0 saturated carbocycles. The van der Waals surface area contributed by atoms with Gasteiger partial charge in [0.25, 0.3) is 0 Å². The normalized spacial score (nSPS) is 11.4. The number of hydrogen-bond donors (Lipinski definition) is 2. The third kappa shape index (κ3) is 4.44. The molecule has 2 N–H and O–H groups in total. The molecule has 21 heavy (non-hydrogen) atoms. The first-order valence-electron chi connectivity index (χ1n) is 6.97. The lowest BCUT2D eigenvalue weighted by Crippen LogP contribution is -2.20. The predicted molar refractivity (Wildman–Crippen MR) is 80.8 cm³/mol. The summed E-state index contributed by atoms with van der Waals surface area (Å²) in [7, 11) is 0. The molecule has 0 aliphatic heterocycles. The molecular formula is C15H19F2NO2S. The van der Waals surface area contributed by atoms with Gasteiger partial charge in [-0.25, -0.2) is 8.78 Å². The van der Waals surface area contributed by atoms with Crippen LogP contribution in [0.3, 0.4) is 0 Å². The molecule has 0 aliphatic rings. The highest BCUT2D eigenvalue weighted by Crippen LogP contribution is 2.28. The summed E-state index contributed by atoms with van der Waals surface area (Å²) < 4.78 is 33.9. The van der Waals surface area contributed by atoms with Gasteiger partial charge in [0.1, 0.15) is 11.6 Å². The van der Waals surface area contributed by atoms with E-state index in [0.717, 1.165) is 13.0 Å². The van der Waals surface area contributed by atoms with E-state index in [1.807, 2.05) is 0 Å². The van der Waals surface area contributed by atoms with E-state index in [1.165, 1.54) is 17.4 Å². The maximum atomic E-state index is 14.2. The van der Waals surface area contributed by atoms with E-state index in [-0.39, 0.29) is 18.6 Å². The van der Waals surface area contributed by atoms with E-state index in [1.54, 1.807) is 11.4 Å². The van der Waals surface area contributed by atoms with Crippen LogP contribution in [0.1, 0.15) is 12.0 Å². The molecular weight excluding hydrogens is 296 g/mol. The highest BCUT2D eigenvalue weighted by atomic mass is 32.1. The maximum absolute atomic E-state index is 14.2. The first-order valence-corrected chi connectivity index (χ1v) is 7.85. The summed E-state index contributed by atoms with van der Waals surface area (Å²) in [5.74, 6) is -0.972. The molecule has 0 fully saturated rings. The Morgan fingerprint density at radius 3 is 2.90 bits per heavy atom. The summed E-state index contributed by atoms with van der Waals surface area (Å²) in [4.78, 5) is 0. The Balaban J connectivity index is 1.78. The number of aliphatic hydroxyl groups excluding tert-OH is 1. The Morgan fingerprint density at radius 2 is 2.10 bits per heavy atom. The molecule has 0 bridgehead atoms. The quantitative estimate of drug-likeness (QED) is 0.699. The third-order valence-corrected chi connectivity index (χ3v) is 4.08. The van der Waals surface area contributed by atoms with Crippen molar-refractivity contribution in [2.24, 2.45) is 0 Å². The van der Waals surface area contributed by atoms with Crippen molar-refractivity contribution in [2.45, 2.75) is 12.8 Å².